The third-order valence-corrected chi connectivity index (χ3v) is 0.898. The summed E-state index contributed by atoms with van der Waals surface area (Å²) in [6, 6.07) is 0. The summed E-state index contributed by atoms with van der Waals surface area (Å²) < 4.78 is -0.685. The summed E-state index contributed by atoms with van der Waals surface area (Å²) in [6.07, 6.45) is 4.70. The molecule has 0 saturated heterocycles. The van der Waals surface area contributed by atoms with Crippen molar-refractivity contribution in [1.82, 2.24) is 0 Å². The van der Waals surface area contributed by atoms with Gasteiger partial charge in [0.15, 0.2) is 0 Å². The van der Waals surface area contributed by atoms with E-state index in [0.717, 1.165) is 6.42 Å². The summed E-state index contributed by atoms with van der Waals surface area (Å²) in [6.45, 7) is 3.78. The average molecular weight is 153 g/mol. The van der Waals surface area contributed by atoms with E-state index in [1.165, 1.54) is 0 Å². The molecule has 0 aromatic heterocycles. The van der Waals surface area contributed by atoms with Gasteiger partial charge in [-0.15, -0.1) is 0 Å². The van der Waals surface area contributed by atoms with Crippen molar-refractivity contribution in [2.75, 3.05) is 0 Å². The van der Waals surface area contributed by atoms with Crippen LogP contribution in [0.15, 0.2) is 12.2 Å². The Morgan fingerprint density at radius 2 is 2.00 bits per heavy atom. The summed E-state index contributed by atoms with van der Waals surface area (Å²) >= 11 is 11.2. The zero-order chi connectivity index (χ0) is 6.62. The van der Waals surface area contributed by atoms with E-state index in [0.29, 0.717) is 0 Å². The van der Waals surface area contributed by atoms with Gasteiger partial charge in [-0.25, -0.2) is 0 Å². The van der Waals surface area contributed by atoms with Crippen LogP contribution in [0.1, 0.15) is 20.3 Å². The van der Waals surface area contributed by atoms with Crippen molar-refractivity contribution in [3.8, 4) is 0 Å². The molecule has 0 unspecified atom stereocenters. The number of hydrogen-bond donors (Lipinski definition) is 0. The number of rotatable bonds is 2. The fourth-order valence-electron chi connectivity index (χ4n) is 0.325. The van der Waals surface area contributed by atoms with Crippen molar-refractivity contribution < 1.29 is 0 Å². The molecule has 0 aliphatic carbocycles. The molecular weight excluding hydrogens is 143 g/mol. The fourth-order valence-corrected chi connectivity index (χ4v) is 0.503. The highest BCUT2D eigenvalue weighted by Gasteiger charge is 2.08. The van der Waals surface area contributed by atoms with Crippen molar-refractivity contribution in [2.45, 2.75) is 24.6 Å². The molecule has 0 spiro atoms. The highest BCUT2D eigenvalue weighted by Crippen LogP contribution is 2.20. The van der Waals surface area contributed by atoms with Crippen molar-refractivity contribution in [3.63, 3.8) is 0 Å². The lowest BCUT2D eigenvalue weighted by molar-refractivity contribution is 1.09. The molecule has 0 rings (SSSR count). The van der Waals surface area contributed by atoms with Gasteiger partial charge in [-0.05, 0) is 13.3 Å². The van der Waals surface area contributed by atoms with E-state index < -0.39 is 4.33 Å². The van der Waals surface area contributed by atoms with E-state index in [1.807, 2.05) is 13.0 Å². The Hall–Kier alpha value is 0.320. The minimum absolute atomic E-state index is 0.685. The zero-order valence-corrected chi connectivity index (χ0v) is 6.63. The lowest BCUT2D eigenvalue weighted by Crippen LogP contribution is -1.98. The molecule has 0 fully saturated rings. The first-order chi connectivity index (χ1) is 3.56. The van der Waals surface area contributed by atoms with Gasteiger partial charge in [0.05, 0.1) is 0 Å². The van der Waals surface area contributed by atoms with Crippen LogP contribution in [0.4, 0.5) is 0 Å². The molecule has 0 heterocycles. The minimum atomic E-state index is -0.685. The monoisotopic (exact) mass is 152 g/mol. The standard InChI is InChI=1S/C6H10Cl2/c1-3-4-5-6(2,7)8/h4-5H,3H2,1-2H3/b5-4+. The van der Waals surface area contributed by atoms with Gasteiger partial charge < -0.3 is 0 Å². The molecule has 0 aliphatic rings. The number of allylic oxidation sites excluding steroid dienone is 2. The third kappa shape index (κ3) is 6.32. The molecule has 0 nitrogen and oxygen atoms in total. The first-order valence-corrected chi connectivity index (χ1v) is 3.37. The van der Waals surface area contributed by atoms with Gasteiger partial charge >= 0.3 is 0 Å². The molecule has 0 radical (unpaired) electrons. The highest BCUT2D eigenvalue weighted by atomic mass is 35.5. The molecular formula is C6H10Cl2. The Labute approximate surface area is 60.5 Å². The Bertz CT molecular complexity index is 79.0. The van der Waals surface area contributed by atoms with Crippen LogP contribution < -0.4 is 0 Å². The van der Waals surface area contributed by atoms with E-state index in [-0.39, 0.29) is 0 Å². The van der Waals surface area contributed by atoms with Crippen molar-refractivity contribution >= 4 is 23.2 Å². The van der Waals surface area contributed by atoms with Crippen LogP contribution in [0.5, 0.6) is 0 Å². The number of alkyl halides is 2. The van der Waals surface area contributed by atoms with Gasteiger partial charge in [0, 0.05) is 0 Å². The van der Waals surface area contributed by atoms with E-state index in [2.05, 4.69) is 0 Å². The van der Waals surface area contributed by atoms with Crippen LogP contribution in [0, 0.1) is 0 Å². The van der Waals surface area contributed by atoms with Crippen molar-refractivity contribution in [1.29, 1.82) is 0 Å². The van der Waals surface area contributed by atoms with Gasteiger partial charge in [0.1, 0.15) is 4.33 Å². The van der Waals surface area contributed by atoms with E-state index >= 15 is 0 Å². The molecule has 0 aromatic rings. The second kappa shape index (κ2) is 3.37. The minimum Gasteiger partial charge on any atom is -0.0973 e. The summed E-state index contributed by atoms with van der Waals surface area (Å²) in [4.78, 5) is 0. The van der Waals surface area contributed by atoms with E-state index in [4.69, 9.17) is 23.2 Å². The summed E-state index contributed by atoms with van der Waals surface area (Å²) in [5, 5.41) is 0. The summed E-state index contributed by atoms with van der Waals surface area (Å²) in [5.74, 6) is 0. The van der Waals surface area contributed by atoms with Crippen LogP contribution in [0.3, 0.4) is 0 Å². The molecule has 2 heteroatoms. The molecule has 0 aliphatic heterocycles. The third-order valence-electron chi connectivity index (χ3n) is 0.646. The van der Waals surface area contributed by atoms with E-state index in [1.54, 1.807) is 13.0 Å². The quantitative estimate of drug-likeness (QED) is 0.422. The second-order valence-corrected chi connectivity index (χ2v) is 3.53. The van der Waals surface area contributed by atoms with Crippen LogP contribution in [0.2, 0.25) is 0 Å². The number of hydrogen-bond acceptors (Lipinski definition) is 0. The largest absolute Gasteiger partial charge is 0.133 e. The SMILES string of the molecule is CC/C=C/C(C)(Cl)Cl. The second-order valence-electron chi connectivity index (χ2n) is 1.77. The molecule has 48 valence electrons. The van der Waals surface area contributed by atoms with Crippen molar-refractivity contribution in [2.24, 2.45) is 0 Å². The average Bonchev–Trinajstić information content (AvgIpc) is 1.59. The molecule has 0 atom stereocenters. The Morgan fingerprint density at radius 3 is 2.12 bits per heavy atom. The Kier molecular flexibility index (Phi) is 3.50. The van der Waals surface area contributed by atoms with E-state index in [9.17, 15) is 0 Å². The number of halogens is 2. The lowest BCUT2D eigenvalue weighted by Gasteiger charge is -2.03. The molecule has 8 heavy (non-hydrogen) atoms. The molecule has 0 bridgehead atoms. The maximum absolute atomic E-state index is 5.59. The lowest BCUT2D eigenvalue weighted by atomic mass is 10.3. The van der Waals surface area contributed by atoms with Crippen LogP contribution in [0.25, 0.3) is 0 Å². The first kappa shape index (κ1) is 8.32. The maximum atomic E-state index is 5.59. The predicted molar refractivity (Wildman–Crippen MR) is 39.5 cm³/mol. The van der Waals surface area contributed by atoms with Gasteiger partial charge in [0.2, 0.25) is 0 Å². The molecule has 0 amide bonds. The Morgan fingerprint density at radius 1 is 1.50 bits per heavy atom. The Balaban J connectivity index is 3.52. The zero-order valence-electron chi connectivity index (χ0n) is 5.12. The fraction of sp³-hybridized carbons (Fsp3) is 0.667. The van der Waals surface area contributed by atoms with Crippen LogP contribution in [-0.4, -0.2) is 4.33 Å². The molecule has 0 N–H and O–H groups in total. The van der Waals surface area contributed by atoms with Gasteiger partial charge in [-0.3, -0.25) is 0 Å². The van der Waals surface area contributed by atoms with Gasteiger partial charge in [-0.1, -0.05) is 42.3 Å². The van der Waals surface area contributed by atoms with Crippen LogP contribution >= 0.6 is 23.2 Å². The molecule has 0 aromatic carbocycles. The summed E-state index contributed by atoms with van der Waals surface area (Å²) in [7, 11) is 0. The van der Waals surface area contributed by atoms with Gasteiger partial charge in [-0.2, -0.15) is 0 Å². The highest BCUT2D eigenvalue weighted by molar-refractivity contribution is 6.49. The summed E-state index contributed by atoms with van der Waals surface area (Å²) in [5.41, 5.74) is 0. The van der Waals surface area contributed by atoms with Crippen molar-refractivity contribution in [3.05, 3.63) is 12.2 Å². The smallest absolute Gasteiger partial charge is 0.0973 e. The maximum Gasteiger partial charge on any atom is 0.133 e. The first-order valence-electron chi connectivity index (χ1n) is 2.62. The molecule has 0 saturated carbocycles. The predicted octanol–water partition coefficient (Wildman–Crippen LogP) is 3.15. The topological polar surface area (TPSA) is 0 Å². The normalized spacial score (nSPS) is 13.0. The van der Waals surface area contributed by atoms with Crippen LogP contribution in [-0.2, 0) is 0 Å². The van der Waals surface area contributed by atoms with Gasteiger partial charge in [0.25, 0.3) is 0 Å².